The lowest BCUT2D eigenvalue weighted by molar-refractivity contribution is -0.137. The first-order chi connectivity index (χ1) is 15.7. The van der Waals surface area contributed by atoms with Gasteiger partial charge in [0.2, 0.25) is 0 Å². The molecule has 2 aliphatic rings. The SMILES string of the molecule is CCc1ccc(C(=O)N2CCC3(CO)CN(c4ccc(C#N)c(C(F)(F)F)c4)CC3C2)cc1. The van der Waals surface area contributed by atoms with E-state index >= 15 is 0 Å². The number of benzene rings is 2. The van der Waals surface area contributed by atoms with Crippen molar-refractivity contribution in [3.05, 3.63) is 64.7 Å². The fraction of sp³-hybridized carbons (Fsp3) is 0.440. The van der Waals surface area contributed by atoms with Crippen LogP contribution in [-0.4, -0.2) is 48.7 Å². The van der Waals surface area contributed by atoms with E-state index in [4.69, 9.17) is 5.26 Å². The van der Waals surface area contributed by atoms with Crippen molar-refractivity contribution >= 4 is 11.6 Å². The molecule has 2 saturated heterocycles. The van der Waals surface area contributed by atoms with Gasteiger partial charge in [0.05, 0.1) is 23.8 Å². The van der Waals surface area contributed by atoms with Gasteiger partial charge in [-0.2, -0.15) is 18.4 Å². The first-order valence-corrected chi connectivity index (χ1v) is 11.1. The summed E-state index contributed by atoms with van der Waals surface area (Å²) in [4.78, 5) is 16.7. The molecule has 8 heteroatoms. The average molecular weight is 457 g/mol. The summed E-state index contributed by atoms with van der Waals surface area (Å²) in [6.45, 7) is 3.72. The van der Waals surface area contributed by atoms with E-state index in [1.54, 1.807) is 11.0 Å². The summed E-state index contributed by atoms with van der Waals surface area (Å²) in [5, 5.41) is 19.3. The number of hydrogen-bond acceptors (Lipinski definition) is 4. The van der Waals surface area contributed by atoms with Crippen LogP contribution in [-0.2, 0) is 12.6 Å². The topological polar surface area (TPSA) is 67.6 Å². The van der Waals surface area contributed by atoms with Gasteiger partial charge in [-0.25, -0.2) is 0 Å². The van der Waals surface area contributed by atoms with Gasteiger partial charge in [0.15, 0.2) is 0 Å². The van der Waals surface area contributed by atoms with Crippen molar-refractivity contribution < 1.29 is 23.1 Å². The Kier molecular flexibility index (Phi) is 6.10. The number of aliphatic hydroxyl groups excluding tert-OH is 1. The largest absolute Gasteiger partial charge is 0.417 e. The molecular formula is C25H26F3N3O2. The van der Waals surface area contributed by atoms with E-state index in [-0.39, 0.29) is 18.4 Å². The maximum atomic E-state index is 13.4. The molecule has 0 radical (unpaired) electrons. The Morgan fingerprint density at radius 3 is 2.55 bits per heavy atom. The molecule has 2 aliphatic heterocycles. The Hall–Kier alpha value is -3.05. The third kappa shape index (κ3) is 4.30. The molecule has 33 heavy (non-hydrogen) atoms. The summed E-state index contributed by atoms with van der Waals surface area (Å²) >= 11 is 0. The first-order valence-electron chi connectivity index (χ1n) is 11.1. The highest BCUT2D eigenvalue weighted by molar-refractivity contribution is 5.94. The number of likely N-dealkylation sites (tertiary alicyclic amines) is 1. The van der Waals surface area contributed by atoms with Gasteiger partial charge in [-0.05, 0) is 48.7 Å². The van der Waals surface area contributed by atoms with E-state index in [0.717, 1.165) is 18.1 Å². The zero-order valence-electron chi connectivity index (χ0n) is 18.4. The number of carbonyl (C=O) groups is 1. The number of nitriles is 1. The molecule has 5 nitrogen and oxygen atoms in total. The first kappa shape index (κ1) is 23.1. The van der Waals surface area contributed by atoms with Crippen LogP contribution >= 0.6 is 0 Å². The second-order valence-corrected chi connectivity index (χ2v) is 8.99. The van der Waals surface area contributed by atoms with Crippen LogP contribution in [0.4, 0.5) is 18.9 Å². The molecule has 2 atom stereocenters. The van der Waals surface area contributed by atoms with Crippen LogP contribution in [0.5, 0.6) is 0 Å². The number of halogens is 3. The van der Waals surface area contributed by atoms with Crippen LogP contribution in [0.2, 0.25) is 0 Å². The van der Waals surface area contributed by atoms with E-state index < -0.39 is 22.7 Å². The quantitative estimate of drug-likeness (QED) is 0.751. The fourth-order valence-corrected chi connectivity index (χ4v) is 5.05. The van der Waals surface area contributed by atoms with E-state index in [1.807, 2.05) is 36.1 Å². The highest BCUT2D eigenvalue weighted by atomic mass is 19.4. The van der Waals surface area contributed by atoms with Gasteiger partial charge in [-0.1, -0.05) is 19.1 Å². The Morgan fingerprint density at radius 1 is 1.21 bits per heavy atom. The van der Waals surface area contributed by atoms with Gasteiger partial charge in [0.1, 0.15) is 0 Å². The third-order valence-corrected chi connectivity index (χ3v) is 7.14. The number of anilines is 1. The highest BCUT2D eigenvalue weighted by Crippen LogP contribution is 2.45. The summed E-state index contributed by atoms with van der Waals surface area (Å²) in [7, 11) is 0. The lowest BCUT2D eigenvalue weighted by Gasteiger charge is -2.42. The number of hydrogen-bond donors (Lipinski definition) is 1. The van der Waals surface area contributed by atoms with Gasteiger partial charge in [0.25, 0.3) is 5.91 Å². The molecule has 0 aromatic heterocycles. The number of carbonyl (C=O) groups excluding carboxylic acids is 1. The average Bonchev–Trinajstić information content (AvgIpc) is 3.22. The molecule has 0 aliphatic carbocycles. The Morgan fingerprint density at radius 2 is 1.94 bits per heavy atom. The fourth-order valence-electron chi connectivity index (χ4n) is 5.05. The zero-order chi connectivity index (χ0) is 23.8. The van der Waals surface area contributed by atoms with Gasteiger partial charge >= 0.3 is 6.18 Å². The molecule has 1 N–H and O–H groups in total. The Balaban J connectivity index is 1.55. The predicted molar refractivity (Wildman–Crippen MR) is 118 cm³/mol. The molecule has 2 unspecified atom stereocenters. The molecule has 0 bridgehead atoms. The van der Waals surface area contributed by atoms with E-state index in [2.05, 4.69) is 0 Å². The predicted octanol–water partition coefficient (Wildman–Crippen LogP) is 4.10. The summed E-state index contributed by atoms with van der Waals surface area (Å²) in [6.07, 6.45) is -3.16. The number of alkyl halides is 3. The van der Waals surface area contributed by atoms with Crippen molar-refractivity contribution in [3.8, 4) is 6.07 Å². The summed E-state index contributed by atoms with van der Waals surface area (Å²) in [6, 6.07) is 12.9. The minimum Gasteiger partial charge on any atom is -0.396 e. The highest BCUT2D eigenvalue weighted by Gasteiger charge is 2.50. The normalized spacial score (nSPS) is 22.7. The molecule has 0 spiro atoms. The van der Waals surface area contributed by atoms with E-state index in [1.165, 1.54) is 12.1 Å². The van der Waals surface area contributed by atoms with Crippen molar-refractivity contribution in [2.45, 2.75) is 25.9 Å². The van der Waals surface area contributed by atoms with Crippen molar-refractivity contribution in [3.63, 3.8) is 0 Å². The van der Waals surface area contributed by atoms with Crippen molar-refractivity contribution in [2.75, 3.05) is 37.7 Å². The van der Waals surface area contributed by atoms with Crippen LogP contribution in [0, 0.1) is 22.7 Å². The minimum absolute atomic E-state index is 0.0691. The molecular weight excluding hydrogens is 431 g/mol. The molecule has 174 valence electrons. The summed E-state index contributed by atoms with van der Waals surface area (Å²) < 4.78 is 40.3. The molecule has 1 amide bonds. The molecule has 2 aromatic rings. The van der Waals surface area contributed by atoms with Crippen LogP contribution in [0.25, 0.3) is 0 Å². The van der Waals surface area contributed by atoms with Crippen molar-refractivity contribution in [1.29, 1.82) is 5.26 Å². The number of nitrogens with zero attached hydrogens (tertiary/aromatic N) is 3. The van der Waals surface area contributed by atoms with Crippen LogP contribution in [0.15, 0.2) is 42.5 Å². The minimum atomic E-state index is -4.63. The zero-order valence-corrected chi connectivity index (χ0v) is 18.4. The van der Waals surface area contributed by atoms with Crippen molar-refractivity contribution in [2.24, 2.45) is 11.3 Å². The van der Waals surface area contributed by atoms with Gasteiger partial charge in [0, 0.05) is 48.8 Å². The molecule has 0 saturated carbocycles. The molecule has 2 aromatic carbocycles. The summed E-state index contributed by atoms with van der Waals surface area (Å²) in [5.74, 6) is -0.138. The number of fused-ring (bicyclic) bond motifs is 1. The van der Waals surface area contributed by atoms with Crippen LogP contribution in [0.3, 0.4) is 0 Å². The number of aryl methyl sites for hydroxylation is 1. The summed E-state index contributed by atoms with van der Waals surface area (Å²) in [5.41, 5.74) is 0.289. The van der Waals surface area contributed by atoms with Gasteiger partial charge in [-0.3, -0.25) is 4.79 Å². The monoisotopic (exact) mass is 457 g/mol. The maximum Gasteiger partial charge on any atom is 0.417 e. The van der Waals surface area contributed by atoms with Gasteiger partial charge < -0.3 is 14.9 Å². The molecule has 2 fully saturated rings. The smallest absolute Gasteiger partial charge is 0.396 e. The maximum absolute atomic E-state index is 13.4. The lowest BCUT2D eigenvalue weighted by atomic mass is 9.73. The molecule has 2 heterocycles. The Bertz CT molecular complexity index is 1080. The van der Waals surface area contributed by atoms with Crippen LogP contribution in [0.1, 0.15) is 40.4 Å². The van der Waals surface area contributed by atoms with Gasteiger partial charge in [-0.15, -0.1) is 0 Å². The second kappa shape index (κ2) is 8.71. The second-order valence-electron chi connectivity index (χ2n) is 8.99. The number of amides is 1. The third-order valence-electron chi connectivity index (χ3n) is 7.14. The lowest BCUT2D eigenvalue weighted by Crippen LogP contribution is -2.50. The number of piperidine rings is 1. The Labute approximate surface area is 191 Å². The van der Waals surface area contributed by atoms with E-state index in [0.29, 0.717) is 43.9 Å². The number of rotatable bonds is 4. The molecule has 4 rings (SSSR count). The van der Waals surface area contributed by atoms with E-state index in [9.17, 15) is 23.1 Å². The van der Waals surface area contributed by atoms with Crippen molar-refractivity contribution in [1.82, 2.24) is 4.90 Å². The van der Waals surface area contributed by atoms with Crippen LogP contribution < -0.4 is 4.90 Å². The standard InChI is InChI=1S/C25H26F3N3O2/c1-2-17-3-5-18(6-4-17)23(33)30-10-9-24(16-32)15-31(14-20(24)13-30)21-8-7-19(12-29)22(11-21)25(26,27)28/h3-8,11,20,32H,2,9-10,13-16H2,1H3. The number of aliphatic hydroxyl groups is 1.